The SMILES string of the molecule is CC(C)Oc1ccccc1[C@@H](C(=O)O)N1CC(C(=O)N2CCC(Cc3ccc4c(n3)CCCC4)CC2)C1. The van der Waals surface area contributed by atoms with Gasteiger partial charge in [-0.25, -0.2) is 0 Å². The number of hydrogen-bond donors (Lipinski definition) is 1. The van der Waals surface area contributed by atoms with Gasteiger partial charge in [-0.2, -0.15) is 0 Å². The van der Waals surface area contributed by atoms with Crippen LogP contribution in [-0.2, 0) is 28.9 Å². The predicted molar refractivity (Wildman–Crippen MR) is 142 cm³/mol. The number of aryl methyl sites for hydroxylation is 2. The van der Waals surface area contributed by atoms with Crippen LogP contribution < -0.4 is 4.74 Å². The third-order valence-corrected chi connectivity index (χ3v) is 8.09. The summed E-state index contributed by atoms with van der Waals surface area (Å²) in [4.78, 5) is 34.2. The number of pyridine rings is 1. The van der Waals surface area contributed by atoms with Crippen molar-refractivity contribution in [2.75, 3.05) is 26.2 Å². The summed E-state index contributed by atoms with van der Waals surface area (Å²) < 4.78 is 5.87. The van der Waals surface area contributed by atoms with Crippen LogP contribution in [0.4, 0.5) is 0 Å². The molecular formula is C30H39N3O4. The van der Waals surface area contributed by atoms with Gasteiger partial charge in [0.25, 0.3) is 0 Å². The zero-order chi connectivity index (χ0) is 25.9. The number of carbonyl (C=O) groups excluding carboxylic acids is 1. The van der Waals surface area contributed by atoms with E-state index in [1.165, 1.54) is 29.8 Å². The van der Waals surface area contributed by atoms with E-state index in [-0.39, 0.29) is 17.9 Å². The Morgan fingerprint density at radius 2 is 1.78 bits per heavy atom. The number of carboxylic acids is 1. The van der Waals surface area contributed by atoms with Crippen molar-refractivity contribution >= 4 is 11.9 Å². The maximum atomic E-state index is 13.2. The second-order valence-corrected chi connectivity index (χ2v) is 11.2. The molecule has 3 aliphatic rings. The molecule has 5 rings (SSSR count). The van der Waals surface area contributed by atoms with Crippen LogP contribution in [0.1, 0.15) is 68.1 Å². The van der Waals surface area contributed by atoms with E-state index in [4.69, 9.17) is 9.72 Å². The summed E-state index contributed by atoms with van der Waals surface area (Å²) in [6, 6.07) is 11.0. The van der Waals surface area contributed by atoms with Crippen molar-refractivity contribution in [3.05, 3.63) is 58.9 Å². The lowest BCUT2D eigenvalue weighted by molar-refractivity contribution is -0.153. The van der Waals surface area contributed by atoms with Gasteiger partial charge >= 0.3 is 5.97 Å². The first kappa shape index (κ1) is 25.7. The zero-order valence-electron chi connectivity index (χ0n) is 22.1. The lowest BCUT2D eigenvalue weighted by Crippen LogP contribution is -2.57. The number of aromatic nitrogens is 1. The Bertz CT molecular complexity index is 1120. The fraction of sp³-hybridized carbons (Fsp3) is 0.567. The maximum Gasteiger partial charge on any atom is 0.325 e. The number of hydrogen-bond acceptors (Lipinski definition) is 5. The van der Waals surface area contributed by atoms with Crippen molar-refractivity contribution in [1.82, 2.24) is 14.8 Å². The summed E-state index contributed by atoms with van der Waals surface area (Å²) in [6.07, 6.45) is 7.72. The highest BCUT2D eigenvalue weighted by Gasteiger charge is 2.43. The fourth-order valence-corrected chi connectivity index (χ4v) is 6.09. The molecule has 2 fully saturated rings. The molecule has 7 nitrogen and oxygen atoms in total. The topological polar surface area (TPSA) is 83.0 Å². The molecule has 7 heteroatoms. The average molecular weight is 506 g/mol. The molecule has 3 heterocycles. The number of ether oxygens (including phenoxy) is 1. The van der Waals surface area contributed by atoms with E-state index < -0.39 is 12.0 Å². The molecule has 0 radical (unpaired) electrons. The minimum Gasteiger partial charge on any atom is -0.491 e. The van der Waals surface area contributed by atoms with Crippen molar-refractivity contribution in [2.24, 2.45) is 11.8 Å². The molecule has 37 heavy (non-hydrogen) atoms. The van der Waals surface area contributed by atoms with E-state index in [2.05, 4.69) is 12.1 Å². The molecule has 1 atom stereocenters. The summed E-state index contributed by atoms with van der Waals surface area (Å²) in [5.41, 5.74) is 4.56. The van der Waals surface area contributed by atoms with Gasteiger partial charge in [-0.15, -0.1) is 0 Å². The van der Waals surface area contributed by atoms with Gasteiger partial charge in [0.2, 0.25) is 5.91 Å². The van der Waals surface area contributed by atoms with Crippen LogP contribution in [0.5, 0.6) is 5.75 Å². The van der Waals surface area contributed by atoms with E-state index in [0.717, 1.165) is 45.2 Å². The highest BCUT2D eigenvalue weighted by Crippen LogP contribution is 2.36. The monoisotopic (exact) mass is 505 g/mol. The molecule has 2 aromatic rings. The van der Waals surface area contributed by atoms with Gasteiger partial charge in [0.15, 0.2) is 0 Å². The van der Waals surface area contributed by atoms with Crippen molar-refractivity contribution < 1.29 is 19.4 Å². The number of aliphatic carboxylic acids is 1. The molecule has 0 unspecified atom stereocenters. The number of likely N-dealkylation sites (tertiary alicyclic amines) is 2. The number of rotatable bonds is 8. The number of benzene rings is 1. The molecule has 0 bridgehead atoms. The third-order valence-electron chi connectivity index (χ3n) is 8.09. The van der Waals surface area contributed by atoms with Crippen LogP contribution >= 0.6 is 0 Å². The number of fused-ring (bicyclic) bond motifs is 1. The number of carbonyl (C=O) groups is 2. The zero-order valence-corrected chi connectivity index (χ0v) is 22.1. The van der Waals surface area contributed by atoms with Gasteiger partial charge < -0.3 is 14.7 Å². The van der Waals surface area contributed by atoms with Gasteiger partial charge in [-0.1, -0.05) is 24.3 Å². The number of piperidine rings is 1. The van der Waals surface area contributed by atoms with Crippen LogP contribution in [0.25, 0.3) is 0 Å². The molecule has 0 saturated carbocycles. The highest BCUT2D eigenvalue weighted by atomic mass is 16.5. The average Bonchev–Trinajstić information content (AvgIpc) is 2.86. The molecule has 2 saturated heterocycles. The number of para-hydroxylation sites is 1. The molecule has 0 spiro atoms. The second-order valence-electron chi connectivity index (χ2n) is 11.2. The van der Waals surface area contributed by atoms with Crippen molar-refractivity contribution in [3.8, 4) is 5.75 Å². The molecule has 1 aromatic heterocycles. The first-order valence-corrected chi connectivity index (χ1v) is 13.9. The second kappa shape index (κ2) is 11.2. The summed E-state index contributed by atoms with van der Waals surface area (Å²) in [6.45, 7) is 6.33. The Morgan fingerprint density at radius 3 is 2.51 bits per heavy atom. The molecule has 1 N–H and O–H groups in total. The minimum absolute atomic E-state index is 0.0488. The summed E-state index contributed by atoms with van der Waals surface area (Å²) >= 11 is 0. The summed E-state index contributed by atoms with van der Waals surface area (Å²) in [5, 5.41) is 10.0. The smallest absolute Gasteiger partial charge is 0.325 e. The van der Waals surface area contributed by atoms with E-state index in [9.17, 15) is 14.7 Å². The Morgan fingerprint density at radius 1 is 1.05 bits per heavy atom. The molecule has 1 aliphatic carbocycles. The van der Waals surface area contributed by atoms with Crippen LogP contribution in [0.3, 0.4) is 0 Å². The fourth-order valence-electron chi connectivity index (χ4n) is 6.09. The molecule has 1 aromatic carbocycles. The first-order chi connectivity index (χ1) is 17.9. The first-order valence-electron chi connectivity index (χ1n) is 13.9. The Labute approximate surface area is 219 Å². The van der Waals surface area contributed by atoms with Gasteiger partial charge in [-0.3, -0.25) is 19.5 Å². The van der Waals surface area contributed by atoms with Gasteiger partial charge in [0, 0.05) is 43.1 Å². The Balaban J connectivity index is 1.13. The number of carboxylic acid groups (broad SMARTS) is 1. The Hall–Kier alpha value is -2.93. The highest BCUT2D eigenvalue weighted by molar-refractivity contribution is 5.82. The van der Waals surface area contributed by atoms with E-state index in [1.54, 1.807) is 0 Å². The lowest BCUT2D eigenvalue weighted by atomic mass is 9.88. The van der Waals surface area contributed by atoms with Crippen molar-refractivity contribution in [1.29, 1.82) is 0 Å². The number of amides is 1. The van der Waals surface area contributed by atoms with Gasteiger partial charge in [0.05, 0.1) is 12.0 Å². The van der Waals surface area contributed by atoms with Crippen molar-refractivity contribution in [2.45, 2.75) is 70.9 Å². The predicted octanol–water partition coefficient (Wildman–Crippen LogP) is 4.29. The van der Waals surface area contributed by atoms with Crippen LogP contribution in [0, 0.1) is 11.8 Å². The largest absolute Gasteiger partial charge is 0.491 e. The van der Waals surface area contributed by atoms with Crippen LogP contribution in [0.2, 0.25) is 0 Å². The van der Waals surface area contributed by atoms with E-state index >= 15 is 0 Å². The molecule has 2 aliphatic heterocycles. The molecule has 1 amide bonds. The quantitative estimate of drug-likeness (QED) is 0.577. The molecule has 198 valence electrons. The van der Waals surface area contributed by atoms with Gasteiger partial charge in [0.1, 0.15) is 11.8 Å². The normalized spacial score (nSPS) is 19.8. The van der Waals surface area contributed by atoms with Crippen molar-refractivity contribution in [3.63, 3.8) is 0 Å². The standard InChI is InChI=1S/C30H39N3O4/c1-20(2)37-27-10-6-4-8-25(27)28(30(35)36)33-18-23(19-33)29(34)32-15-13-21(14-16-32)17-24-12-11-22-7-3-5-9-26(22)31-24/h4,6,8,10-12,20-21,23,28H,3,5,7,9,13-19H2,1-2H3,(H,35,36)/t28-/m0/s1. The molecular weight excluding hydrogens is 466 g/mol. The van der Waals surface area contributed by atoms with Crippen LogP contribution in [-0.4, -0.2) is 64.0 Å². The third kappa shape index (κ3) is 5.82. The maximum absolute atomic E-state index is 13.2. The Kier molecular flexibility index (Phi) is 7.79. The summed E-state index contributed by atoms with van der Waals surface area (Å²) in [5.74, 6) is 0.263. The van der Waals surface area contributed by atoms with E-state index in [0.29, 0.717) is 30.3 Å². The minimum atomic E-state index is -0.915. The lowest BCUT2D eigenvalue weighted by Gasteiger charge is -2.44. The summed E-state index contributed by atoms with van der Waals surface area (Å²) in [7, 11) is 0. The van der Waals surface area contributed by atoms with Crippen LogP contribution in [0.15, 0.2) is 36.4 Å². The number of nitrogens with zero attached hydrogens (tertiary/aromatic N) is 3. The van der Waals surface area contributed by atoms with E-state index in [1.807, 2.05) is 47.9 Å². The van der Waals surface area contributed by atoms with Gasteiger partial charge in [-0.05, 0) is 82.4 Å².